The van der Waals surface area contributed by atoms with Gasteiger partial charge in [0.25, 0.3) is 0 Å². The van der Waals surface area contributed by atoms with Crippen LogP contribution in [0.3, 0.4) is 0 Å². The molecule has 0 aromatic heterocycles. The van der Waals surface area contributed by atoms with Crippen molar-refractivity contribution < 1.29 is 8.42 Å². The first-order valence-electron chi connectivity index (χ1n) is 5.19. The summed E-state index contributed by atoms with van der Waals surface area (Å²) in [7, 11) is -1.20. The fourth-order valence-electron chi connectivity index (χ4n) is 1.39. The van der Waals surface area contributed by atoms with Gasteiger partial charge in [0.05, 0.1) is 16.5 Å². The molecule has 0 aliphatic rings. The van der Waals surface area contributed by atoms with Crippen LogP contribution in [0.2, 0.25) is 5.02 Å². The van der Waals surface area contributed by atoms with Gasteiger partial charge in [-0.15, -0.1) is 0 Å². The summed E-state index contributed by atoms with van der Waals surface area (Å²) in [5.41, 5.74) is 6.94. The van der Waals surface area contributed by atoms with Crippen LogP contribution in [0.25, 0.3) is 0 Å². The van der Waals surface area contributed by atoms with Gasteiger partial charge in [-0.05, 0) is 18.2 Å². The largest absolute Gasteiger partial charge is 0.389 e. The quantitative estimate of drug-likeness (QED) is 0.834. The highest BCUT2D eigenvalue weighted by Crippen LogP contribution is 2.26. The number of halogens is 1. The van der Waals surface area contributed by atoms with Crippen molar-refractivity contribution in [2.75, 3.05) is 30.5 Å². The number of hydrogen-bond acceptors (Lipinski definition) is 4. The van der Waals surface area contributed by atoms with Gasteiger partial charge in [-0.25, -0.2) is 8.42 Å². The van der Waals surface area contributed by atoms with Crippen LogP contribution in [-0.2, 0) is 9.84 Å². The highest BCUT2D eigenvalue weighted by atomic mass is 35.5. The first kappa shape index (κ1) is 15.2. The van der Waals surface area contributed by atoms with E-state index in [1.54, 1.807) is 30.1 Å². The zero-order valence-electron chi connectivity index (χ0n) is 10.2. The van der Waals surface area contributed by atoms with Crippen LogP contribution in [0.5, 0.6) is 0 Å². The molecule has 2 N–H and O–H groups in total. The van der Waals surface area contributed by atoms with Crippen molar-refractivity contribution in [3.63, 3.8) is 0 Å². The number of nitrogens with zero attached hydrogens (tertiary/aromatic N) is 1. The number of thiocarbonyl (C=S) groups is 1. The minimum atomic E-state index is -2.99. The van der Waals surface area contributed by atoms with Crippen LogP contribution in [0.1, 0.15) is 5.56 Å². The van der Waals surface area contributed by atoms with Crippen LogP contribution >= 0.6 is 23.8 Å². The highest BCUT2D eigenvalue weighted by molar-refractivity contribution is 7.90. The molecule has 4 nitrogen and oxygen atoms in total. The number of hydrogen-bond donors (Lipinski definition) is 1. The second-order valence-corrected chi connectivity index (χ2v) is 7.19. The molecule has 1 aromatic carbocycles. The fourth-order valence-corrected chi connectivity index (χ4v) is 2.45. The molecule has 0 aliphatic heterocycles. The molecule has 0 atom stereocenters. The molecule has 0 fully saturated rings. The second-order valence-electron chi connectivity index (χ2n) is 4.08. The molecule has 0 radical (unpaired) electrons. The number of anilines is 1. The van der Waals surface area contributed by atoms with Gasteiger partial charge < -0.3 is 10.6 Å². The molecule has 1 rings (SSSR count). The predicted molar refractivity (Wildman–Crippen MR) is 80.3 cm³/mol. The first-order valence-corrected chi connectivity index (χ1v) is 8.03. The zero-order chi connectivity index (χ0) is 13.9. The number of rotatable bonds is 5. The van der Waals surface area contributed by atoms with E-state index in [0.29, 0.717) is 17.1 Å². The predicted octanol–water partition coefficient (Wildman–Crippen LogP) is 1.46. The van der Waals surface area contributed by atoms with E-state index >= 15 is 0 Å². The van der Waals surface area contributed by atoms with Gasteiger partial charge in [0.1, 0.15) is 14.8 Å². The highest BCUT2D eigenvalue weighted by Gasteiger charge is 2.10. The summed E-state index contributed by atoms with van der Waals surface area (Å²) in [6.07, 6.45) is 1.21. The van der Waals surface area contributed by atoms with Gasteiger partial charge in [-0.1, -0.05) is 23.8 Å². The van der Waals surface area contributed by atoms with E-state index in [0.717, 1.165) is 5.69 Å². The Balaban J connectivity index is 2.87. The first-order chi connectivity index (χ1) is 8.20. The van der Waals surface area contributed by atoms with Crippen molar-refractivity contribution in [1.29, 1.82) is 0 Å². The summed E-state index contributed by atoms with van der Waals surface area (Å²) in [4.78, 5) is 2.06. The van der Waals surface area contributed by atoms with Crippen LogP contribution in [0.4, 0.5) is 5.69 Å². The van der Waals surface area contributed by atoms with Crippen molar-refractivity contribution in [2.24, 2.45) is 5.73 Å². The maximum atomic E-state index is 11.1. The lowest BCUT2D eigenvalue weighted by Crippen LogP contribution is -2.25. The van der Waals surface area contributed by atoms with E-state index in [1.807, 2.05) is 0 Å². The molecular formula is C11H15ClN2O2S2. The van der Waals surface area contributed by atoms with Crippen LogP contribution < -0.4 is 10.6 Å². The number of sulfone groups is 1. The third-order valence-electron chi connectivity index (χ3n) is 2.44. The fraction of sp³-hybridized carbons (Fsp3) is 0.364. The Hall–Kier alpha value is -0.850. The third kappa shape index (κ3) is 4.44. The van der Waals surface area contributed by atoms with Crippen LogP contribution in [0.15, 0.2) is 18.2 Å². The standard InChI is InChI=1S/C11H15ClN2O2S2/c1-14(5-6-18(2,15)16)10-4-3-8(11(13)17)7-9(10)12/h3-4,7H,5-6H2,1-2H3,(H2,13,17). The molecule has 0 amide bonds. The molecular weight excluding hydrogens is 292 g/mol. The van der Waals surface area contributed by atoms with Gasteiger partial charge in [0.15, 0.2) is 0 Å². The smallest absolute Gasteiger partial charge is 0.149 e. The Morgan fingerprint density at radius 2 is 2.11 bits per heavy atom. The molecule has 1 aromatic rings. The summed E-state index contributed by atoms with van der Waals surface area (Å²) in [6, 6.07) is 5.22. The van der Waals surface area contributed by atoms with E-state index in [-0.39, 0.29) is 10.7 Å². The van der Waals surface area contributed by atoms with E-state index in [2.05, 4.69) is 0 Å². The minimum Gasteiger partial charge on any atom is -0.389 e. The zero-order valence-corrected chi connectivity index (χ0v) is 12.6. The number of benzene rings is 1. The van der Waals surface area contributed by atoms with Crippen LogP contribution in [-0.4, -0.2) is 39.0 Å². The Morgan fingerprint density at radius 1 is 1.50 bits per heavy atom. The van der Waals surface area contributed by atoms with Crippen molar-refractivity contribution in [1.82, 2.24) is 0 Å². The molecule has 0 saturated carbocycles. The molecule has 0 saturated heterocycles. The lowest BCUT2D eigenvalue weighted by molar-refractivity contribution is 0.601. The normalized spacial score (nSPS) is 11.3. The Kier molecular flexibility index (Phi) is 4.95. The third-order valence-corrected chi connectivity index (χ3v) is 3.90. The van der Waals surface area contributed by atoms with Gasteiger partial charge in [0, 0.05) is 25.4 Å². The Bertz CT molecular complexity index is 558. The van der Waals surface area contributed by atoms with E-state index in [4.69, 9.17) is 29.6 Å². The van der Waals surface area contributed by atoms with E-state index in [9.17, 15) is 8.42 Å². The monoisotopic (exact) mass is 306 g/mol. The van der Waals surface area contributed by atoms with Gasteiger partial charge in [0.2, 0.25) is 0 Å². The summed E-state index contributed by atoms with van der Waals surface area (Å²) < 4.78 is 22.2. The van der Waals surface area contributed by atoms with E-state index < -0.39 is 9.84 Å². The Labute approximate surface area is 118 Å². The maximum Gasteiger partial charge on any atom is 0.149 e. The molecule has 0 unspecified atom stereocenters. The summed E-state index contributed by atoms with van der Waals surface area (Å²) in [5.74, 6) is 0.0802. The van der Waals surface area contributed by atoms with Crippen molar-refractivity contribution >= 4 is 44.3 Å². The molecule has 0 bridgehead atoms. The molecule has 100 valence electrons. The second kappa shape index (κ2) is 5.86. The molecule has 0 aliphatic carbocycles. The topological polar surface area (TPSA) is 63.4 Å². The van der Waals surface area contributed by atoms with Crippen molar-refractivity contribution in [3.8, 4) is 0 Å². The maximum absolute atomic E-state index is 11.1. The minimum absolute atomic E-state index is 0.0802. The average Bonchev–Trinajstić information content (AvgIpc) is 2.24. The average molecular weight is 307 g/mol. The summed E-state index contributed by atoms with van der Waals surface area (Å²) in [5, 5.41) is 0.497. The summed E-state index contributed by atoms with van der Waals surface area (Å²) in [6.45, 7) is 0.380. The van der Waals surface area contributed by atoms with E-state index in [1.165, 1.54) is 6.26 Å². The summed E-state index contributed by atoms with van der Waals surface area (Å²) >= 11 is 11.0. The van der Waals surface area contributed by atoms with Crippen molar-refractivity contribution in [2.45, 2.75) is 0 Å². The Morgan fingerprint density at radius 3 is 2.56 bits per heavy atom. The van der Waals surface area contributed by atoms with Gasteiger partial charge in [-0.3, -0.25) is 0 Å². The SMILES string of the molecule is CN(CCS(C)(=O)=O)c1ccc(C(N)=S)cc1Cl. The molecule has 0 heterocycles. The van der Waals surface area contributed by atoms with Crippen molar-refractivity contribution in [3.05, 3.63) is 28.8 Å². The van der Waals surface area contributed by atoms with Crippen LogP contribution in [0, 0.1) is 0 Å². The molecule has 7 heteroatoms. The lowest BCUT2D eigenvalue weighted by Gasteiger charge is -2.20. The lowest BCUT2D eigenvalue weighted by atomic mass is 10.2. The molecule has 0 spiro atoms. The number of nitrogens with two attached hydrogens (primary N) is 1. The molecule has 18 heavy (non-hydrogen) atoms. The van der Waals surface area contributed by atoms with Gasteiger partial charge >= 0.3 is 0 Å². The van der Waals surface area contributed by atoms with Gasteiger partial charge in [-0.2, -0.15) is 0 Å².